The van der Waals surface area contributed by atoms with Crippen LogP contribution in [0.2, 0.25) is 0 Å². The number of halogens is 4. The summed E-state index contributed by atoms with van der Waals surface area (Å²) in [6.45, 7) is 0. The molecule has 0 spiro atoms. The summed E-state index contributed by atoms with van der Waals surface area (Å²) in [7, 11) is 0. The van der Waals surface area contributed by atoms with Crippen molar-refractivity contribution in [3.8, 4) is 0 Å². The highest BCUT2D eigenvalue weighted by atomic mass is 127. The second-order valence-electron chi connectivity index (χ2n) is 2.23. The van der Waals surface area contributed by atoms with Gasteiger partial charge in [0.2, 0.25) is 0 Å². The molecule has 0 bridgehead atoms. The molecule has 1 rings (SSSR count). The van der Waals surface area contributed by atoms with Crippen molar-refractivity contribution in [3.63, 3.8) is 0 Å². The molecule has 0 aliphatic heterocycles. The number of nitrogens with zero attached hydrogens (tertiary/aromatic N) is 2. The van der Waals surface area contributed by atoms with Gasteiger partial charge in [0, 0.05) is 0 Å². The number of alkyl halides is 2. The van der Waals surface area contributed by atoms with Crippen LogP contribution in [0.3, 0.4) is 0 Å². The van der Waals surface area contributed by atoms with Gasteiger partial charge in [-0.05, 0) is 28.7 Å². The molecule has 14 heavy (non-hydrogen) atoms. The van der Waals surface area contributed by atoms with Crippen LogP contribution in [0.4, 0.5) is 18.9 Å². The number of pyridine rings is 1. The van der Waals surface area contributed by atoms with Crippen molar-refractivity contribution < 1.29 is 18.1 Å². The molecule has 1 aromatic rings. The number of hydrogen-bond acceptors (Lipinski definition) is 3. The molecule has 8 heteroatoms. The van der Waals surface area contributed by atoms with E-state index in [1.54, 1.807) is 0 Å². The van der Waals surface area contributed by atoms with E-state index in [2.05, 4.69) is 4.98 Å². The van der Waals surface area contributed by atoms with Crippen molar-refractivity contribution in [3.05, 3.63) is 31.4 Å². The topological polar surface area (TPSA) is 56.0 Å². The van der Waals surface area contributed by atoms with Gasteiger partial charge in [-0.3, -0.25) is 10.1 Å². The second kappa shape index (κ2) is 4.07. The lowest BCUT2D eigenvalue weighted by atomic mass is 10.2. The summed E-state index contributed by atoms with van der Waals surface area (Å²) in [6, 6.07) is 0.784. The molecule has 0 atom stereocenters. The zero-order valence-corrected chi connectivity index (χ0v) is 8.53. The Bertz CT molecular complexity index is 386. The molecule has 0 saturated carbocycles. The first-order chi connectivity index (χ1) is 6.43. The molecular formula is C6H2F3IN2O2. The second-order valence-corrected chi connectivity index (χ2v) is 3.34. The van der Waals surface area contributed by atoms with Crippen LogP contribution in [0.15, 0.2) is 6.07 Å². The molecule has 76 valence electrons. The van der Waals surface area contributed by atoms with Crippen LogP contribution in [-0.4, -0.2) is 9.91 Å². The molecule has 0 aliphatic carbocycles. The van der Waals surface area contributed by atoms with Crippen LogP contribution in [0.5, 0.6) is 0 Å². The maximum atomic E-state index is 12.8. The fourth-order valence-electron chi connectivity index (χ4n) is 0.842. The largest absolute Gasteiger partial charge is 0.332 e. The predicted octanol–water partition coefficient (Wildman–Crippen LogP) is 2.67. The van der Waals surface area contributed by atoms with E-state index in [1.165, 1.54) is 22.6 Å². The van der Waals surface area contributed by atoms with Gasteiger partial charge in [-0.1, -0.05) is 0 Å². The Labute approximate surface area is 89.4 Å². The Morgan fingerprint density at radius 3 is 2.57 bits per heavy atom. The van der Waals surface area contributed by atoms with Gasteiger partial charge in [0.1, 0.15) is 9.26 Å². The van der Waals surface area contributed by atoms with Crippen molar-refractivity contribution >= 4 is 28.3 Å². The van der Waals surface area contributed by atoms with E-state index in [9.17, 15) is 23.3 Å². The zero-order chi connectivity index (χ0) is 10.9. The summed E-state index contributed by atoms with van der Waals surface area (Å²) in [5, 5.41) is 10.2. The van der Waals surface area contributed by atoms with E-state index in [0.717, 1.165) is 6.07 Å². The highest BCUT2D eigenvalue weighted by Gasteiger charge is 2.28. The lowest BCUT2D eigenvalue weighted by Crippen LogP contribution is -2.03. The maximum absolute atomic E-state index is 12.8. The predicted molar refractivity (Wildman–Crippen MR) is 48.5 cm³/mol. The third-order valence-electron chi connectivity index (χ3n) is 1.37. The summed E-state index contributed by atoms with van der Waals surface area (Å²) in [4.78, 5) is 12.1. The minimum absolute atomic E-state index is 0.0546. The Morgan fingerprint density at radius 1 is 1.57 bits per heavy atom. The van der Waals surface area contributed by atoms with Crippen LogP contribution >= 0.6 is 22.6 Å². The van der Waals surface area contributed by atoms with Gasteiger partial charge in [-0.2, -0.15) is 4.39 Å². The monoisotopic (exact) mass is 318 g/mol. The van der Waals surface area contributed by atoms with E-state index in [1.807, 2.05) is 0 Å². The first-order valence-corrected chi connectivity index (χ1v) is 4.30. The van der Waals surface area contributed by atoms with E-state index >= 15 is 0 Å². The molecule has 0 aromatic carbocycles. The molecule has 0 saturated heterocycles. The van der Waals surface area contributed by atoms with Gasteiger partial charge in [-0.15, -0.1) is 0 Å². The third-order valence-corrected chi connectivity index (χ3v) is 1.92. The van der Waals surface area contributed by atoms with Gasteiger partial charge in [0.05, 0.1) is 4.92 Å². The summed E-state index contributed by atoms with van der Waals surface area (Å²) < 4.78 is 37.3. The first-order valence-electron chi connectivity index (χ1n) is 3.22. The minimum atomic E-state index is -3.10. The smallest absolute Gasteiger partial charge is 0.258 e. The lowest BCUT2D eigenvalue weighted by molar-refractivity contribution is -0.389. The SMILES string of the molecule is O=[N+]([O-])c1c(C(F)F)cc(I)nc1F. The fraction of sp³-hybridized carbons (Fsp3) is 0.167. The summed E-state index contributed by atoms with van der Waals surface area (Å²) in [5.74, 6) is -1.49. The number of rotatable bonds is 2. The molecule has 0 unspecified atom stereocenters. The number of aromatic nitrogens is 1. The van der Waals surface area contributed by atoms with Gasteiger partial charge in [0.15, 0.2) is 0 Å². The van der Waals surface area contributed by atoms with Crippen molar-refractivity contribution in [1.82, 2.24) is 4.98 Å². The normalized spacial score (nSPS) is 10.6. The van der Waals surface area contributed by atoms with Crippen molar-refractivity contribution in [1.29, 1.82) is 0 Å². The number of nitro groups is 1. The molecule has 0 aliphatic rings. The highest BCUT2D eigenvalue weighted by molar-refractivity contribution is 14.1. The first kappa shape index (κ1) is 11.1. The molecule has 0 fully saturated rings. The molecular weight excluding hydrogens is 316 g/mol. The Balaban J connectivity index is 3.44. The van der Waals surface area contributed by atoms with Crippen LogP contribution in [0, 0.1) is 19.8 Å². The molecule has 1 aromatic heterocycles. The van der Waals surface area contributed by atoms with Gasteiger partial charge in [-0.25, -0.2) is 13.8 Å². The van der Waals surface area contributed by atoms with E-state index in [0.29, 0.717) is 0 Å². The van der Waals surface area contributed by atoms with Gasteiger partial charge < -0.3 is 0 Å². The van der Waals surface area contributed by atoms with Crippen molar-refractivity contribution in [2.45, 2.75) is 6.43 Å². The fourth-order valence-corrected chi connectivity index (χ4v) is 1.39. The van der Waals surface area contributed by atoms with E-state index < -0.39 is 28.5 Å². The molecule has 0 N–H and O–H groups in total. The molecule has 0 amide bonds. The molecule has 0 radical (unpaired) electrons. The van der Waals surface area contributed by atoms with Crippen molar-refractivity contribution in [2.24, 2.45) is 0 Å². The van der Waals surface area contributed by atoms with Crippen molar-refractivity contribution in [2.75, 3.05) is 0 Å². The summed E-state index contributed by atoms with van der Waals surface area (Å²) in [5.41, 5.74) is -2.22. The average Bonchev–Trinajstić information content (AvgIpc) is 2.01. The van der Waals surface area contributed by atoms with Gasteiger partial charge >= 0.3 is 5.69 Å². The Hall–Kier alpha value is -0.930. The van der Waals surface area contributed by atoms with Crippen LogP contribution < -0.4 is 0 Å². The summed E-state index contributed by atoms with van der Waals surface area (Å²) in [6.07, 6.45) is -3.10. The zero-order valence-electron chi connectivity index (χ0n) is 6.38. The van der Waals surface area contributed by atoms with E-state index in [4.69, 9.17) is 0 Å². The maximum Gasteiger partial charge on any atom is 0.332 e. The molecule has 1 heterocycles. The van der Waals surface area contributed by atoms with Crippen LogP contribution in [-0.2, 0) is 0 Å². The Kier molecular flexibility index (Phi) is 3.24. The van der Waals surface area contributed by atoms with E-state index in [-0.39, 0.29) is 3.70 Å². The summed E-state index contributed by atoms with van der Waals surface area (Å²) >= 11 is 1.50. The minimum Gasteiger partial charge on any atom is -0.258 e. The molecule has 4 nitrogen and oxygen atoms in total. The Morgan fingerprint density at radius 2 is 2.14 bits per heavy atom. The van der Waals surface area contributed by atoms with Crippen LogP contribution in [0.1, 0.15) is 12.0 Å². The number of hydrogen-bond donors (Lipinski definition) is 0. The third kappa shape index (κ3) is 2.11. The standard InChI is InChI=1S/C6H2F3IN2O2/c7-5(8)2-1-3(10)11-6(9)4(2)12(13)14/h1,5H. The average molecular weight is 318 g/mol. The highest BCUT2D eigenvalue weighted by Crippen LogP contribution is 2.31. The quantitative estimate of drug-likeness (QED) is 0.365. The lowest BCUT2D eigenvalue weighted by Gasteiger charge is -2.02. The van der Waals surface area contributed by atoms with Gasteiger partial charge in [0.25, 0.3) is 12.4 Å². The van der Waals surface area contributed by atoms with Crippen LogP contribution in [0.25, 0.3) is 0 Å².